The lowest BCUT2D eigenvalue weighted by atomic mass is 10.0. The molecular weight excluding hydrogens is 686 g/mol. The fraction of sp³-hybridized carbons (Fsp3) is 0.405. The van der Waals surface area contributed by atoms with Crippen LogP contribution in [0.1, 0.15) is 63.6 Å². The van der Waals surface area contributed by atoms with E-state index in [-0.39, 0.29) is 36.8 Å². The van der Waals surface area contributed by atoms with Gasteiger partial charge in [0.2, 0.25) is 11.8 Å². The Labute approximate surface area is 314 Å². The van der Waals surface area contributed by atoms with Gasteiger partial charge in [0.25, 0.3) is 0 Å². The van der Waals surface area contributed by atoms with Crippen LogP contribution in [0.25, 0.3) is 22.2 Å². The van der Waals surface area contributed by atoms with Crippen LogP contribution < -0.4 is 25.4 Å². The Balaban J connectivity index is 1.16. The Morgan fingerprint density at radius 2 is 1.78 bits per heavy atom. The number of pyridine rings is 1. The molecule has 1 saturated carbocycles. The molecule has 4 aromatic rings. The third-order valence-electron chi connectivity index (χ3n) is 11.2. The van der Waals surface area contributed by atoms with Crippen LogP contribution in [-0.4, -0.2) is 76.2 Å². The summed E-state index contributed by atoms with van der Waals surface area (Å²) in [6, 6.07) is 22.3. The number of aliphatic carboxylic acids is 1. The molecule has 3 aromatic carbocycles. The summed E-state index contributed by atoms with van der Waals surface area (Å²) in [5.41, 5.74) is 3.09. The van der Waals surface area contributed by atoms with E-state index in [1.54, 1.807) is 7.11 Å². The minimum Gasteiger partial charge on any atom is -0.497 e. The number of fused-ring (bicyclic) bond motifs is 2. The number of carbonyl (C=O) groups is 4. The zero-order chi connectivity index (χ0) is 38.1. The highest BCUT2D eigenvalue weighted by Crippen LogP contribution is 2.46. The number of carboxylic acid groups (broad SMARTS) is 1. The third-order valence-corrected chi connectivity index (χ3v) is 11.2. The van der Waals surface area contributed by atoms with Crippen LogP contribution in [0.15, 0.2) is 78.9 Å². The second kappa shape index (κ2) is 15.0. The zero-order valence-corrected chi connectivity index (χ0v) is 31.0. The third kappa shape index (κ3) is 7.16. The molecule has 7 rings (SSSR count). The van der Waals surface area contributed by atoms with Gasteiger partial charge in [-0.2, -0.15) is 0 Å². The number of benzene rings is 3. The summed E-state index contributed by atoms with van der Waals surface area (Å²) in [6.07, 6.45) is 1.99. The number of urea groups is 1. The summed E-state index contributed by atoms with van der Waals surface area (Å²) in [4.78, 5) is 60.6. The van der Waals surface area contributed by atoms with E-state index < -0.39 is 41.6 Å². The van der Waals surface area contributed by atoms with Gasteiger partial charge in [-0.05, 0) is 54.4 Å². The smallest absolute Gasteiger partial charge is 0.329 e. The normalized spacial score (nSPS) is 23.4. The molecule has 4 amide bonds. The van der Waals surface area contributed by atoms with E-state index in [9.17, 15) is 24.3 Å². The van der Waals surface area contributed by atoms with Gasteiger partial charge < -0.3 is 35.4 Å². The summed E-state index contributed by atoms with van der Waals surface area (Å²) in [7, 11) is 1.59. The summed E-state index contributed by atoms with van der Waals surface area (Å²) in [6.45, 7) is 5.62. The minimum absolute atomic E-state index is 0.0181. The molecule has 2 fully saturated rings. The fourth-order valence-electron chi connectivity index (χ4n) is 8.01. The summed E-state index contributed by atoms with van der Waals surface area (Å²) < 4.78 is 12.1. The van der Waals surface area contributed by atoms with E-state index in [1.807, 2.05) is 93.6 Å². The predicted octanol–water partition coefficient (Wildman–Crippen LogP) is 5.64. The van der Waals surface area contributed by atoms with Crippen molar-refractivity contribution in [2.45, 2.75) is 82.6 Å². The highest BCUT2D eigenvalue weighted by atomic mass is 16.5. The standard InChI is InChI=1S/C42H47N5O7/c1-5-27-22-42(27,40(50)51)46-38(48)35-20-29(54-36-21-33(26-12-7-6-8-13-26)43-34-19-28(53-4)16-17-31(34)36)23-47(35)41(52)45-37(24(2)3)39(49)44-32-18-15-25-11-9-10-14-30(25)32/h6-14,16-17,19,21,24,27,29,32,35,37H,5,15,18,20,22-23H2,1-4H3,(H,44,49)(H,45,52)(H,46,48)(H,50,51)/t27-,29-,32+,35+,37+,42-/m1/s1. The van der Waals surface area contributed by atoms with Crippen LogP contribution in [0.2, 0.25) is 0 Å². The number of nitrogens with zero attached hydrogens (tertiary/aromatic N) is 2. The molecule has 12 nitrogen and oxygen atoms in total. The average molecular weight is 734 g/mol. The van der Waals surface area contributed by atoms with Gasteiger partial charge in [-0.25, -0.2) is 14.6 Å². The summed E-state index contributed by atoms with van der Waals surface area (Å²) >= 11 is 0. The highest BCUT2D eigenvalue weighted by Gasteiger charge is 2.61. The Bertz CT molecular complexity index is 2070. The van der Waals surface area contributed by atoms with Crippen molar-refractivity contribution >= 4 is 34.7 Å². The van der Waals surface area contributed by atoms with E-state index in [1.165, 1.54) is 10.5 Å². The number of aryl methyl sites for hydroxylation is 1. The molecule has 1 aliphatic heterocycles. The largest absolute Gasteiger partial charge is 0.497 e. The van der Waals surface area contributed by atoms with Gasteiger partial charge in [-0.1, -0.05) is 81.8 Å². The molecule has 2 aliphatic carbocycles. The molecule has 282 valence electrons. The maximum absolute atomic E-state index is 14.2. The predicted molar refractivity (Wildman–Crippen MR) is 203 cm³/mol. The van der Waals surface area contributed by atoms with Gasteiger partial charge in [-0.3, -0.25) is 9.59 Å². The van der Waals surface area contributed by atoms with Crippen molar-refractivity contribution in [3.8, 4) is 22.8 Å². The number of carbonyl (C=O) groups excluding carboxylic acids is 3. The van der Waals surface area contributed by atoms with Crippen molar-refractivity contribution in [3.05, 3.63) is 90.0 Å². The number of aromatic nitrogens is 1. The van der Waals surface area contributed by atoms with Gasteiger partial charge in [0, 0.05) is 29.5 Å². The summed E-state index contributed by atoms with van der Waals surface area (Å²) in [5.74, 6) is -1.31. The van der Waals surface area contributed by atoms with Gasteiger partial charge in [0.15, 0.2) is 0 Å². The van der Waals surface area contributed by atoms with E-state index in [0.29, 0.717) is 35.6 Å². The minimum atomic E-state index is -1.38. The number of rotatable bonds is 12. The fourth-order valence-corrected chi connectivity index (χ4v) is 8.01. The van der Waals surface area contributed by atoms with Crippen molar-refractivity contribution in [1.29, 1.82) is 0 Å². The first-order valence-electron chi connectivity index (χ1n) is 18.7. The molecule has 0 spiro atoms. The van der Waals surface area contributed by atoms with Crippen molar-refractivity contribution in [2.24, 2.45) is 11.8 Å². The molecule has 0 unspecified atom stereocenters. The molecule has 1 saturated heterocycles. The van der Waals surface area contributed by atoms with Crippen molar-refractivity contribution < 1.29 is 33.8 Å². The van der Waals surface area contributed by atoms with Crippen molar-refractivity contribution in [3.63, 3.8) is 0 Å². The van der Waals surface area contributed by atoms with Crippen LogP contribution in [0.4, 0.5) is 4.79 Å². The molecule has 0 radical (unpaired) electrons. The lowest BCUT2D eigenvalue weighted by Crippen LogP contribution is -2.58. The summed E-state index contributed by atoms with van der Waals surface area (Å²) in [5, 5.41) is 19.7. The van der Waals surface area contributed by atoms with Gasteiger partial charge in [-0.15, -0.1) is 0 Å². The SMILES string of the molecule is CC[C@@H]1C[C@]1(NC(=O)[C@@H]1C[C@@H](Oc2cc(-c3ccccc3)nc3cc(OC)ccc23)CN1C(=O)N[C@H](C(=O)N[C@H]1CCc2ccccc21)C(C)C)C(=O)O. The topological polar surface area (TPSA) is 159 Å². The van der Waals surface area contributed by atoms with E-state index >= 15 is 0 Å². The van der Waals surface area contributed by atoms with Gasteiger partial charge >= 0.3 is 12.0 Å². The van der Waals surface area contributed by atoms with Gasteiger partial charge in [0.05, 0.1) is 30.9 Å². The van der Waals surface area contributed by atoms with E-state index in [2.05, 4.69) is 22.0 Å². The molecular formula is C42H47N5O7. The van der Waals surface area contributed by atoms with E-state index in [4.69, 9.17) is 14.5 Å². The second-order valence-electron chi connectivity index (χ2n) is 14.9. The number of ether oxygens (including phenoxy) is 2. The Kier molecular flexibility index (Phi) is 10.2. The van der Waals surface area contributed by atoms with Crippen LogP contribution in [-0.2, 0) is 20.8 Å². The number of amides is 4. The zero-order valence-electron chi connectivity index (χ0n) is 31.0. The van der Waals surface area contributed by atoms with Crippen LogP contribution in [0.5, 0.6) is 11.5 Å². The number of hydrogen-bond acceptors (Lipinski definition) is 7. The maximum atomic E-state index is 14.2. The second-order valence-corrected chi connectivity index (χ2v) is 14.9. The number of hydrogen-bond donors (Lipinski definition) is 4. The first-order chi connectivity index (χ1) is 26.0. The maximum Gasteiger partial charge on any atom is 0.329 e. The molecule has 0 bridgehead atoms. The Hall–Kier alpha value is -5.65. The van der Waals surface area contributed by atoms with Crippen LogP contribution >= 0.6 is 0 Å². The number of methoxy groups -OCH3 is 1. The van der Waals surface area contributed by atoms with Crippen molar-refractivity contribution in [2.75, 3.05) is 13.7 Å². The number of likely N-dealkylation sites (tertiary alicyclic amines) is 1. The molecule has 1 aromatic heterocycles. The molecule has 2 heterocycles. The average Bonchev–Trinajstić information content (AvgIpc) is 3.50. The Morgan fingerprint density at radius 1 is 1.02 bits per heavy atom. The monoisotopic (exact) mass is 733 g/mol. The van der Waals surface area contributed by atoms with Crippen LogP contribution in [0, 0.1) is 11.8 Å². The first-order valence-corrected chi connectivity index (χ1v) is 18.7. The molecule has 3 aliphatic rings. The molecule has 54 heavy (non-hydrogen) atoms. The van der Waals surface area contributed by atoms with E-state index in [0.717, 1.165) is 29.4 Å². The first kappa shape index (κ1) is 36.7. The molecule has 12 heteroatoms. The molecule has 6 atom stereocenters. The van der Waals surface area contributed by atoms with Crippen molar-refractivity contribution in [1.82, 2.24) is 25.8 Å². The highest BCUT2D eigenvalue weighted by molar-refractivity contribution is 5.95. The Morgan fingerprint density at radius 3 is 2.48 bits per heavy atom. The number of nitrogens with one attached hydrogen (secondary N) is 3. The number of carboxylic acids is 1. The quantitative estimate of drug-likeness (QED) is 0.146. The lowest BCUT2D eigenvalue weighted by molar-refractivity contribution is -0.144. The lowest BCUT2D eigenvalue weighted by Gasteiger charge is -2.29. The molecule has 4 N–H and O–H groups in total. The van der Waals surface area contributed by atoms with Gasteiger partial charge in [0.1, 0.15) is 35.2 Å². The van der Waals surface area contributed by atoms with Crippen LogP contribution in [0.3, 0.4) is 0 Å².